The van der Waals surface area contributed by atoms with Crippen LogP contribution in [0.2, 0.25) is 0 Å². The number of carbonyl (C=O) groups excluding carboxylic acids is 1. The molecule has 0 fully saturated rings. The number of hydrogen-bond donors (Lipinski definition) is 1. The Balaban J connectivity index is 2.10. The van der Waals surface area contributed by atoms with Crippen LogP contribution in [0, 0.1) is 5.82 Å². The van der Waals surface area contributed by atoms with Crippen LogP contribution in [0.5, 0.6) is 0 Å². The first kappa shape index (κ1) is 22.0. The molecule has 2 aromatic rings. The van der Waals surface area contributed by atoms with Gasteiger partial charge in [0.1, 0.15) is 5.82 Å². The predicted molar refractivity (Wildman–Crippen MR) is 101 cm³/mol. The van der Waals surface area contributed by atoms with Gasteiger partial charge in [-0.1, -0.05) is 32.9 Å². The van der Waals surface area contributed by atoms with Crippen LogP contribution in [0.4, 0.5) is 4.39 Å². The summed E-state index contributed by atoms with van der Waals surface area (Å²) in [4.78, 5) is 16.4. The van der Waals surface area contributed by atoms with Crippen LogP contribution < -0.4 is 5.32 Å². The van der Waals surface area contributed by atoms with Crippen LogP contribution in [0.25, 0.3) is 0 Å². The molecule has 1 amide bonds. The van der Waals surface area contributed by atoms with Crippen LogP contribution in [0.1, 0.15) is 55.7 Å². The minimum atomic E-state index is -3.79. The number of amides is 1. The van der Waals surface area contributed by atoms with E-state index in [2.05, 4.69) is 15.5 Å². The first-order valence-electron chi connectivity index (χ1n) is 9.11. The van der Waals surface area contributed by atoms with E-state index in [1.807, 2.05) is 13.8 Å². The van der Waals surface area contributed by atoms with E-state index in [0.717, 1.165) is 18.2 Å². The Kier molecular flexibility index (Phi) is 7.25. The van der Waals surface area contributed by atoms with Gasteiger partial charge in [-0.25, -0.2) is 12.8 Å². The Morgan fingerprint density at radius 3 is 2.54 bits per heavy atom. The number of nitrogens with zero attached hydrogens (tertiary/aromatic N) is 3. The van der Waals surface area contributed by atoms with E-state index in [9.17, 15) is 17.6 Å². The molecule has 0 saturated carbocycles. The van der Waals surface area contributed by atoms with Crippen LogP contribution in [0.15, 0.2) is 27.6 Å². The van der Waals surface area contributed by atoms with Crippen LogP contribution in [-0.2, 0) is 16.4 Å². The zero-order valence-corrected chi connectivity index (χ0v) is 17.2. The van der Waals surface area contributed by atoms with Crippen molar-refractivity contribution >= 4 is 15.9 Å². The van der Waals surface area contributed by atoms with Crippen LogP contribution in [-0.4, -0.2) is 48.4 Å². The second-order valence-corrected chi connectivity index (χ2v) is 8.38. The second-order valence-electron chi connectivity index (χ2n) is 6.44. The van der Waals surface area contributed by atoms with Crippen LogP contribution in [0.3, 0.4) is 0 Å². The van der Waals surface area contributed by atoms with Crippen LogP contribution >= 0.6 is 0 Å². The number of nitrogens with one attached hydrogen (secondary N) is 1. The van der Waals surface area contributed by atoms with Crippen molar-refractivity contribution in [3.8, 4) is 0 Å². The highest BCUT2D eigenvalue weighted by molar-refractivity contribution is 7.89. The largest absolute Gasteiger partial charge is 0.351 e. The Morgan fingerprint density at radius 2 is 1.96 bits per heavy atom. The highest BCUT2D eigenvalue weighted by Crippen LogP contribution is 2.19. The first-order chi connectivity index (χ1) is 13.2. The number of halogens is 1. The number of hydrogen-bond acceptors (Lipinski definition) is 6. The second kappa shape index (κ2) is 9.24. The molecule has 0 radical (unpaired) electrons. The fourth-order valence-electron chi connectivity index (χ4n) is 2.53. The van der Waals surface area contributed by atoms with Crippen molar-refractivity contribution in [2.45, 2.75) is 44.9 Å². The number of aromatic nitrogens is 2. The number of benzene rings is 1. The summed E-state index contributed by atoms with van der Waals surface area (Å²) >= 11 is 0. The third kappa shape index (κ3) is 4.93. The number of sulfonamides is 1. The van der Waals surface area contributed by atoms with Crippen molar-refractivity contribution in [1.29, 1.82) is 0 Å². The maximum Gasteiger partial charge on any atom is 0.254 e. The summed E-state index contributed by atoms with van der Waals surface area (Å²) in [5.41, 5.74) is -0.332. The summed E-state index contributed by atoms with van der Waals surface area (Å²) in [6, 6.07) is 3.20. The SMILES string of the molecule is CCN(CC)S(=O)(=O)c1ccc(F)c(C(=O)NCCc2nc(C(C)C)no2)c1. The molecule has 0 atom stereocenters. The van der Waals surface area contributed by atoms with Crippen molar-refractivity contribution in [2.75, 3.05) is 19.6 Å². The normalized spacial score (nSPS) is 12.0. The van der Waals surface area contributed by atoms with Gasteiger partial charge in [0.25, 0.3) is 5.91 Å². The van der Waals surface area contributed by atoms with E-state index < -0.39 is 21.7 Å². The maximum absolute atomic E-state index is 14.1. The van der Waals surface area contributed by atoms with Crippen molar-refractivity contribution in [1.82, 2.24) is 19.8 Å². The molecule has 8 nitrogen and oxygen atoms in total. The zero-order chi connectivity index (χ0) is 20.9. The molecule has 1 heterocycles. The highest BCUT2D eigenvalue weighted by atomic mass is 32.2. The molecular formula is C18H25FN4O4S. The fourth-order valence-corrected chi connectivity index (χ4v) is 4.02. The van der Waals surface area contributed by atoms with Crippen molar-refractivity contribution in [2.24, 2.45) is 0 Å². The van der Waals surface area contributed by atoms with E-state index in [1.165, 1.54) is 4.31 Å². The summed E-state index contributed by atoms with van der Waals surface area (Å²) in [5.74, 6) is -0.450. The van der Waals surface area contributed by atoms with E-state index in [4.69, 9.17) is 4.52 Å². The first-order valence-corrected chi connectivity index (χ1v) is 10.5. The van der Waals surface area contributed by atoms with Gasteiger partial charge in [-0.15, -0.1) is 0 Å². The lowest BCUT2D eigenvalue weighted by Gasteiger charge is -2.18. The van der Waals surface area contributed by atoms with E-state index in [-0.39, 0.29) is 42.4 Å². The lowest BCUT2D eigenvalue weighted by Crippen LogP contribution is -2.31. The topological polar surface area (TPSA) is 105 Å². The maximum atomic E-state index is 14.1. The Hall–Kier alpha value is -2.33. The molecule has 0 aliphatic heterocycles. The van der Waals surface area contributed by atoms with E-state index in [0.29, 0.717) is 11.7 Å². The van der Waals surface area contributed by atoms with E-state index in [1.54, 1.807) is 13.8 Å². The van der Waals surface area contributed by atoms with Gasteiger partial charge in [0.05, 0.1) is 10.5 Å². The molecule has 0 spiro atoms. The molecule has 1 N–H and O–H groups in total. The molecule has 154 valence electrons. The lowest BCUT2D eigenvalue weighted by molar-refractivity contribution is 0.0949. The van der Waals surface area contributed by atoms with Gasteiger partial charge in [-0.2, -0.15) is 9.29 Å². The third-order valence-electron chi connectivity index (χ3n) is 4.15. The smallest absolute Gasteiger partial charge is 0.254 e. The molecule has 0 aliphatic carbocycles. The monoisotopic (exact) mass is 412 g/mol. The molecule has 0 saturated heterocycles. The highest BCUT2D eigenvalue weighted by Gasteiger charge is 2.24. The summed E-state index contributed by atoms with van der Waals surface area (Å²) in [6.45, 7) is 7.98. The molecule has 2 rings (SSSR count). The quantitative estimate of drug-likeness (QED) is 0.678. The molecule has 0 aliphatic rings. The van der Waals surface area contributed by atoms with Gasteiger partial charge >= 0.3 is 0 Å². The van der Waals surface area contributed by atoms with Gasteiger partial charge in [0.15, 0.2) is 5.82 Å². The molecular weight excluding hydrogens is 387 g/mol. The fraction of sp³-hybridized carbons (Fsp3) is 0.500. The van der Waals surface area contributed by atoms with Gasteiger partial charge < -0.3 is 9.84 Å². The van der Waals surface area contributed by atoms with Crippen molar-refractivity contribution in [3.63, 3.8) is 0 Å². The Morgan fingerprint density at radius 1 is 1.29 bits per heavy atom. The molecule has 0 bridgehead atoms. The minimum absolute atomic E-state index is 0.122. The summed E-state index contributed by atoms with van der Waals surface area (Å²) in [5, 5.41) is 6.37. The van der Waals surface area contributed by atoms with Gasteiger partial charge in [-0.05, 0) is 18.2 Å². The Labute approximate surface area is 164 Å². The van der Waals surface area contributed by atoms with Gasteiger partial charge in [-0.3, -0.25) is 4.79 Å². The molecule has 0 unspecified atom stereocenters. The average Bonchev–Trinajstić information content (AvgIpc) is 3.12. The summed E-state index contributed by atoms with van der Waals surface area (Å²) < 4.78 is 45.6. The third-order valence-corrected chi connectivity index (χ3v) is 6.20. The zero-order valence-electron chi connectivity index (χ0n) is 16.4. The van der Waals surface area contributed by atoms with Crippen molar-refractivity contribution in [3.05, 3.63) is 41.3 Å². The Bertz CT molecular complexity index is 923. The molecule has 1 aromatic heterocycles. The summed E-state index contributed by atoms with van der Waals surface area (Å²) in [7, 11) is -3.79. The standard InChI is InChI=1S/C18H25FN4O4S/c1-5-23(6-2)28(25,26)13-7-8-15(19)14(11-13)18(24)20-10-9-16-21-17(12(3)4)22-27-16/h7-8,11-12H,5-6,9-10H2,1-4H3,(H,20,24). The van der Waals surface area contributed by atoms with E-state index >= 15 is 0 Å². The average molecular weight is 412 g/mol. The predicted octanol–water partition coefficient (Wildman–Crippen LogP) is 2.34. The number of rotatable bonds is 9. The summed E-state index contributed by atoms with van der Waals surface area (Å²) in [6.07, 6.45) is 0.282. The number of carbonyl (C=O) groups is 1. The van der Waals surface area contributed by atoms with Crippen molar-refractivity contribution < 1.29 is 22.1 Å². The minimum Gasteiger partial charge on any atom is -0.351 e. The van der Waals surface area contributed by atoms with Gasteiger partial charge in [0, 0.05) is 32.0 Å². The molecule has 28 heavy (non-hydrogen) atoms. The molecule has 10 heteroatoms. The lowest BCUT2D eigenvalue weighted by atomic mass is 10.2. The molecule has 1 aromatic carbocycles. The van der Waals surface area contributed by atoms with Gasteiger partial charge in [0.2, 0.25) is 15.9 Å².